The van der Waals surface area contributed by atoms with Crippen molar-refractivity contribution in [2.75, 3.05) is 11.6 Å². The van der Waals surface area contributed by atoms with Gasteiger partial charge in [0.25, 0.3) is 5.56 Å². The van der Waals surface area contributed by atoms with Crippen molar-refractivity contribution in [2.24, 2.45) is 5.92 Å². The van der Waals surface area contributed by atoms with E-state index in [2.05, 4.69) is 15.3 Å². The zero-order valence-electron chi connectivity index (χ0n) is 16.0. The van der Waals surface area contributed by atoms with Crippen LogP contribution in [0, 0.1) is 12.8 Å². The molecule has 0 radical (unpaired) electrons. The molecule has 0 aromatic carbocycles. The SMILES string of the molecule is Cc1cnc(NC(=O)[C@H](CC2CCCC2)n2cccc(S(C)(=O)=O)c2=O)cn1. The summed E-state index contributed by atoms with van der Waals surface area (Å²) >= 11 is 0. The highest BCUT2D eigenvalue weighted by Crippen LogP contribution is 2.32. The van der Waals surface area contributed by atoms with E-state index in [9.17, 15) is 18.0 Å². The highest BCUT2D eigenvalue weighted by atomic mass is 32.2. The van der Waals surface area contributed by atoms with Crippen LogP contribution in [0.25, 0.3) is 0 Å². The minimum Gasteiger partial charge on any atom is -0.308 e. The molecule has 9 heteroatoms. The Balaban J connectivity index is 1.96. The maximum absolute atomic E-state index is 13.0. The molecule has 1 atom stereocenters. The molecule has 3 rings (SSSR count). The van der Waals surface area contributed by atoms with Gasteiger partial charge in [0.15, 0.2) is 15.7 Å². The van der Waals surface area contributed by atoms with Gasteiger partial charge in [0.05, 0.1) is 18.1 Å². The highest BCUT2D eigenvalue weighted by Gasteiger charge is 2.29. The Kier molecular flexibility index (Phi) is 5.93. The third-order valence-electron chi connectivity index (χ3n) is 5.04. The summed E-state index contributed by atoms with van der Waals surface area (Å²) in [6.07, 6.45) is 10.1. The molecule has 0 saturated heterocycles. The second-order valence-corrected chi connectivity index (χ2v) is 9.28. The van der Waals surface area contributed by atoms with Gasteiger partial charge < -0.3 is 9.88 Å². The summed E-state index contributed by atoms with van der Waals surface area (Å²) in [7, 11) is -3.69. The number of aromatic nitrogens is 3. The van der Waals surface area contributed by atoms with E-state index in [0.29, 0.717) is 18.2 Å². The smallest absolute Gasteiger partial charge is 0.270 e. The number of pyridine rings is 1. The van der Waals surface area contributed by atoms with Crippen molar-refractivity contribution in [3.63, 3.8) is 0 Å². The minimum absolute atomic E-state index is 0.291. The number of hydrogen-bond donors (Lipinski definition) is 1. The Labute approximate surface area is 163 Å². The van der Waals surface area contributed by atoms with Crippen LogP contribution in [-0.2, 0) is 14.6 Å². The van der Waals surface area contributed by atoms with E-state index in [0.717, 1.165) is 37.6 Å². The van der Waals surface area contributed by atoms with Crippen molar-refractivity contribution in [1.29, 1.82) is 0 Å². The number of sulfone groups is 1. The molecule has 0 aliphatic heterocycles. The zero-order valence-corrected chi connectivity index (χ0v) is 16.8. The Bertz CT molecular complexity index is 1010. The average Bonchev–Trinajstić information content (AvgIpc) is 3.14. The Morgan fingerprint density at radius 3 is 2.61 bits per heavy atom. The predicted molar refractivity (Wildman–Crippen MR) is 105 cm³/mol. The Hall–Kier alpha value is -2.55. The van der Waals surface area contributed by atoms with Crippen molar-refractivity contribution in [3.8, 4) is 0 Å². The molecule has 2 heterocycles. The lowest BCUT2D eigenvalue weighted by molar-refractivity contribution is -0.119. The molecule has 1 saturated carbocycles. The number of nitrogens with one attached hydrogen (secondary N) is 1. The molecule has 8 nitrogen and oxygen atoms in total. The topological polar surface area (TPSA) is 111 Å². The number of carbonyl (C=O) groups excluding carboxylic acids is 1. The fraction of sp³-hybridized carbons (Fsp3) is 0.474. The number of nitrogens with zero attached hydrogens (tertiary/aromatic N) is 3. The van der Waals surface area contributed by atoms with E-state index in [4.69, 9.17) is 0 Å². The fourth-order valence-corrected chi connectivity index (χ4v) is 4.34. The van der Waals surface area contributed by atoms with Crippen molar-refractivity contribution < 1.29 is 13.2 Å². The first kappa shape index (κ1) is 20.2. The molecular formula is C19H24N4O4S. The van der Waals surface area contributed by atoms with Crippen LogP contribution in [0.4, 0.5) is 5.82 Å². The fourth-order valence-electron chi connectivity index (χ4n) is 3.59. The van der Waals surface area contributed by atoms with Crippen LogP contribution in [0.5, 0.6) is 0 Å². The van der Waals surface area contributed by atoms with E-state index < -0.39 is 27.3 Å². The highest BCUT2D eigenvalue weighted by molar-refractivity contribution is 7.90. The van der Waals surface area contributed by atoms with Gasteiger partial charge in [-0.15, -0.1) is 0 Å². The molecule has 1 N–H and O–H groups in total. The van der Waals surface area contributed by atoms with Crippen LogP contribution < -0.4 is 10.9 Å². The lowest BCUT2D eigenvalue weighted by Gasteiger charge is -2.22. The van der Waals surface area contributed by atoms with E-state index in [1.165, 1.54) is 35.3 Å². The van der Waals surface area contributed by atoms with Crippen LogP contribution in [0.15, 0.2) is 40.4 Å². The maximum atomic E-state index is 13.0. The summed E-state index contributed by atoms with van der Waals surface area (Å²) in [4.78, 5) is 33.7. The molecule has 1 aliphatic carbocycles. The molecule has 0 unspecified atom stereocenters. The van der Waals surface area contributed by atoms with Crippen molar-refractivity contribution in [1.82, 2.24) is 14.5 Å². The van der Waals surface area contributed by atoms with Gasteiger partial charge in [-0.05, 0) is 31.4 Å². The number of aryl methyl sites for hydroxylation is 1. The molecule has 28 heavy (non-hydrogen) atoms. The van der Waals surface area contributed by atoms with Gasteiger partial charge in [-0.25, -0.2) is 13.4 Å². The molecule has 2 aromatic heterocycles. The van der Waals surface area contributed by atoms with Crippen LogP contribution in [0.1, 0.15) is 43.8 Å². The molecule has 150 valence electrons. The summed E-state index contributed by atoms with van der Waals surface area (Å²) < 4.78 is 25.1. The summed E-state index contributed by atoms with van der Waals surface area (Å²) in [6.45, 7) is 1.79. The largest absolute Gasteiger partial charge is 0.308 e. The Morgan fingerprint density at radius 2 is 2.00 bits per heavy atom. The molecular weight excluding hydrogens is 380 g/mol. The van der Waals surface area contributed by atoms with Crippen LogP contribution in [0.2, 0.25) is 0 Å². The second kappa shape index (κ2) is 8.22. The Morgan fingerprint density at radius 1 is 1.29 bits per heavy atom. The third kappa shape index (κ3) is 4.64. The molecule has 1 amide bonds. The molecule has 1 aliphatic rings. The van der Waals surface area contributed by atoms with Gasteiger partial charge in [0, 0.05) is 12.5 Å². The molecule has 0 spiro atoms. The lowest BCUT2D eigenvalue weighted by Crippen LogP contribution is -2.36. The molecule has 2 aromatic rings. The van der Waals surface area contributed by atoms with Crippen LogP contribution >= 0.6 is 0 Å². The minimum atomic E-state index is -3.69. The van der Waals surface area contributed by atoms with Crippen LogP contribution in [-0.4, -0.2) is 35.1 Å². The van der Waals surface area contributed by atoms with Crippen LogP contribution in [0.3, 0.4) is 0 Å². The number of amides is 1. The lowest BCUT2D eigenvalue weighted by atomic mass is 9.97. The van der Waals surface area contributed by atoms with Gasteiger partial charge in [-0.2, -0.15) is 0 Å². The van der Waals surface area contributed by atoms with Crippen molar-refractivity contribution in [2.45, 2.75) is 50.0 Å². The third-order valence-corrected chi connectivity index (χ3v) is 6.15. The standard InChI is InChI=1S/C19H24N4O4S/c1-13-11-21-17(12-20-13)22-18(24)15(10-14-6-3-4-7-14)23-9-5-8-16(19(23)25)28(2,26)27/h5,8-9,11-12,14-15H,3-4,6-7,10H2,1-2H3,(H,21,22,24)/t15-/m0/s1. The van der Waals surface area contributed by atoms with Gasteiger partial charge >= 0.3 is 0 Å². The van der Waals surface area contributed by atoms with Crippen molar-refractivity contribution >= 4 is 21.6 Å². The predicted octanol–water partition coefficient (Wildman–Crippen LogP) is 2.11. The number of hydrogen-bond acceptors (Lipinski definition) is 6. The number of rotatable bonds is 6. The summed E-state index contributed by atoms with van der Waals surface area (Å²) in [5, 5.41) is 2.71. The monoisotopic (exact) mass is 404 g/mol. The zero-order chi connectivity index (χ0) is 20.3. The average molecular weight is 404 g/mol. The van der Waals surface area contributed by atoms with E-state index in [1.807, 2.05) is 0 Å². The second-order valence-electron chi connectivity index (χ2n) is 7.29. The maximum Gasteiger partial charge on any atom is 0.270 e. The normalized spacial score (nSPS) is 16.1. The van der Waals surface area contributed by atoms with Gasteiger partial charge in [-0.3, -0.25) is 14.6 Å². The van der Waals surface area contributed by atoms with Crippen molar-refractivity contribution in [3.05, 3.63) is 46.8 Å². The summed E-state index contributed by atoms with van der Waals surface area (Å²) in [6, 6.07) is 1.93. The van der Waals surface area contributed by atoms with E-state index in [1.54, 1.807) is 6.92 Å². The number of carbonyl (C=O) groups is 1. The van der Waals surface area contributed by atoms with Gasteiger partial charge in [0.2, 0.25) is 5.91 Å². The van der Waals surface area contributed by atoms with E-state index >= 15 is 0 Å². The van der Waals surface area contributed by atoms with E-state index in [-0.39, 0.29) is 4.90 Å². The summed E-state index contributed by atoms with van der Waals surface area (Å²) in [5.74, 6) is 0.200. The number of anilines is 1. The molecule has 1 fully saturated rings. The van der Waals surface area contributed by atoms with Gasteiger partial charge in [-0.1, -0.05) is 25.7 Å². The van der Waals surface area contributed by atoms with Gasteiger partial charge in [0.1, 0.15) is 10.9 Å². The quantitative estimate of drug-likeness (QED) is 0.789. The first-order chi connectivity index (χ1) is 13.3. The first-order valence-electron chi connectivity index (χ1n) is 9.26. The molecule has 0 bridgehead atoms. The first-order valence-corrected chi connectivity index (χ1v) is 11.2. The summed E-state index contributed by atoms with van der Waals surface area (Å²) in [5.41, 5.74) is 0.0377.